The second-order valence-corrected chi connectivity index (χ2v) is 8.98. The number of carboxylic acid groups (broad SMARTS) is 1. The quantitative estimate of drug-likeness (QED) is 0.235. The van der Waals surface area contributed by atoms with Crippen molar-refractivity contribution in [2.24, 2.45) is 4.99 Å². The molecule has 5 rings (SSSR count). The maximum absolute atomic E-state index is 12.7. The van der Waals surface area contributed by atoms with E-state index in [0.717, 1.165) is 5.56 Å². The van der Waals surface area contributed by atoms with E-state index in [-0.39, 0.29) is 41.9 Å². The summed E-state index contributed by atoms with van der Waals surface area (Å²) in [5, 5.41) is 25.2. The molecule has 3 aromatic carbocycles. The molecule has 1 aliphatic rings. The Morgan fingerprint density at radius 3 is 2.58 bits per heavy atom. The number of carboxylic acids is 1. The maximum atomic E-state index is 12.7. The molecule has 38 heavy (non-hydrogen) atoms. The molecule has 1 fully saturated rings. The fourth-order valence-corrected chi connectivity index (χ4v) is 4.35. The van der Waals surface area contributed by atoms with Crippen molar-refractivity contribution in [2.45, 2.75) is 13.0 Å². The Kier molecular flexibility index (Phi) is 9.08. The molecule has 0 unspecified atom stereocenters. The van der Waals surface area contributed by atoms with Gasteiger partial charge in [0.2, 0.25) is 0 Å². The van der Waals surface area contributed by atoms with Crippen LogP contribution in [0.1, 0.15) is 16.7 Å². The van der Waals surface area contributed by atoms with Crippen molar-refractivity contribution >= 4 is 40.6 Å². The average Bonchev–Trinajstić information content (AvgIpc) is 3.55. The summed E-state index contributed by atoms with van der Waals surface area (Å²) in [4.78, 5) is 28.3. The Morgan fingerprint density at radius 1 is 1.08 bits per heavy atom. The number of aliphatic carboxylic acids is 1. The molecule has 2 heterocycles. The van der Waals surface area contributed by atoms with Crippen LogP contribution in [0.15, 0.2) is 89.0 Å². The van der Waals surface area contributed by atoms with Gasteiger partial charge in [-0.1, -0.05) is 42.5 Å². The molecule has 4 aromatic rings. The van der Waals surface area contributed by atoms with Gasteiger partial charge in [-0.15, -0.1) is 5.10 Å². The number of aromatic nitrogens is 4. The Hall–Kier alpha value is -3.77. The van der Waals surface area contributed by atoms with E-state index in [0.29, 0.717) is 44.9 Å². The van der Waals surface area contributed by atoms with Gasteiger partial charge in [-0.25, -0.2) is 9.67 Å². The zero-order valence-electron chi connectivity index (χ0n) is 20.3. The second-order valence-electron chi connectivity index (χ2n) is 7.95. The van der Waals surface area contributed by atoms with Crippen LogP contribution in [0.3, 0.4) is 0 Å². The Balaban J connectivity index is 0.00000336. The summed E-state index contributed by atoms with van der Waals surface area (Å²) in [7, 11) is 0. The van der Waals surface area contributed by atoms with Crippen molar-refractivity contribution in [3.63, 3.8) is 0 Å². The number of thioether (sulfide) groups is 1. The van der Waals surface area contributed by atoms with Crippen molar-refractivity contribution in [3.05, 3.63) is 101 Å². The molecule has 1 aliphatic heterocycles. The van der Waals surface area contributed by atoms with Gasteiger partial charge in [-0.3, -0.25) is 4.79 Å². The van der Waals surface area contributed by atoms with Gasteiger partial charge < -0.3 is 20.0 Å². The summed E-state index contributed by atoms with van der Waals surface area (Å²) < 4.78 is 7.64. The van der Waals surface area contributed by atoms with Crippen LogP contribution in [0, 0.1) is 0 Å². The van der Waals surface area contributed by atoms with Crippen LogP contribution >= 0.6 is 11.8 Å². The summed E-state index contributed by atoms with van der Waals surface area (Å²) >= 11 is 1.20. The first kappa shape index (κ1) is 27.3. The number of carbonyl (C=O) groups is 2. The van der Waals surface area contributed by atoms with Crippen molar-refractivity contribution in [1.82, 2.24) is 25.5 Å². The molecule has 1 amide bonds. The van der Waals surface area contributed by atoms with E-state index in [1.54, 1.807) is 30.3 Å². The fraction of sp³-hybridized carbons (Fsp3) is 0.0769. The van der Waals surface area contributed by atoms with Crippen LogP contribution in [0.4, 0.5) is 5.69 Å². The number of nitrogens with zero attached hydrogens (tertiary/aromatic N) is 5. The summed E-state index contributed by atoms with van der Waals surface area (Å²) in [6, 6.07) is 21.9. The zero-order valence-corrected chi connectivity index (χ0v) is 23.1. The fourth-order valence-electron chi connectivity index (χ4n) is 3.52. The van der Waals surface area contributed by atoms with Crippen LogP contribution in [0.2, 0.25) is 0 Å². The van der Waals surface area contributed by atoms with Gasteiger partial charge in [0, 0.05) is 24.0 Å². The molecule has 1 N–H and O–H groups in total. The van der Waals surface area contributed by atoms with E-state index in [2.05, 4.69) is 25.8 Å². The van der Waals surface area contributed by atoms with Gasteiger partial charge in [-0.2, -0.15) is 0 Å². The largest absolute Gasteiger partial charge is 1.00 e. The first-order valence-electron chi connectivity index (χ1n) is 11.2. The maximum Gasteiger partial charge on any atom is 1.00 e. The number of tetrazole rings is 1. The first-order chi connectivity index (χ1) is 18.0. The Bertz CT molecular complexity index is 1490. The molecular weight excluding hydrogens is 515 g/mol. The zero-order chi connectivity index (χ0) is 25.6. The molecular formula is C26H19N6NaO4S. The third-order valence-electron chi connectivity index (χ3n) is 5.30. The topological polar surface area (TPSA) is 134 Å². The van der Waals surface area contributed by atoms with E-state index in [1.165, 1.54) is 22.8 Å². The van der Waals surface area contributed by atoms with Gasteiger partial charge in [0.25, 0.3) is 5.91 Å². The van der Waals surface area contributed by atoms with Gasteiger partial charge in [0.05, 0.1) is 16.3 Å². The molecule has 0 aliphatic carbocycles. The summed E-state index contributed by atoms with van der Waals surface area (Å²) in [5.74, 6) is -0.868. The molecule has 184 valence electrons. The smallest absolute Gasteiger partial charge is 0.550 e. The van der Waals surface area contributed by atoms with Crippen LogP contribution in [-0.2, 0) is 22.6 Å². The minimum Gasteiger partial charge on any atom is -0.550 e. The van der Waals surface area contributed by atoms with Gasteiger partial charge in [0.1, 0.15) is 18.7 Å². The van der Waals surface area contributed by atoms with Crippen LogP contribution in [0.25, 0.3) is 11.8 Å². The molecule has 0 bridgehead atoms. The van der Waals surface area contributed by atoms with Crippen LogP contribution < -0.4 is 44.7 Å². The predicted molar refractivity (Wildman–Crippen MR) is 136 cm³/mol. The number of carbonyl (C=O) groups excluding carboxylic acids is 2. The van der Waals surface area contributed by atoms with Crippen LogP contribution in [0.5, 0.6) is 5.75 Å². The molecule has 0 atom stereocenters. The number of rotatable bonds is 8. The molecule has 0 radical (unpaired) electrons. The average molecular weight is 535 g/mol. The minimum atomic E-state index is -1.15. The number of nitrogens with one attached hydrogen (secondary N) is 1. The number of hydrogen-bond acceptors (Lipinski definition) is 9. The van der Waals surface area contributed by atoms with E-state index in [1.807, 2.05) is 48.5 Å². The van der Waals surface area contributed by atoms with Gasteiger partial charge in [-0.05, 0) is 63.7 Å². The Labute approximate surface area is 244 Å². The van der Waals surface area contributed by atoms with E-state index in [9.17, 15) is 14.7 Å². The number of amides is 1. The monoisotopic (exact) mass is 534 g/mol. The van der Waals surface area contributed by atoms with Gasteiger partial charge in [0.15, 0.2) is 5.17 Å². The number of hydrogen-bond donors (Lipinski definition) is 1. The molecule has 0 spiro atoms. The third kappa shape index (κ3) is 6.95. The third-order valence-corrected chi connectivity index (χ3v) is 6.21. The number of ether oxygens (including phenoxy) is 1. The molecule has 12 heteroatoms. The molecule has 10 nitrogen and oxygen atoms in total. The SMILES string of the molecule is O=C([O-])Cc1ccc(N=C2NC(=O)C(=Cc3ccc(-n4cnnn4)cc3OCc3ccccc3)S2)cc1.[Na+]. The second kappa shape index (κ2) is 12.7. The summed E-state index contributed by atoms with van der Waals surface area (Å²) in [6.45, 7) is 0.343. The number of aliphatic imine (C=N–C) groups is 1. The minimum absolute atomic E-state index is 0. The summed E-state index contributed by atoms with van der Waals surface area (Å²) in [6.07, 6.45) is 3.06. The van der Waals surface area contributed by atoms with Crippen molar-refractivity contribution in [2.75, 3.05) is 0 Å². The van der Waals surface area contributed by atoms with E-state index in [4.69, 9.17) is 4.74 Å². The van der Waals surface area contributed by atoms with Crippen molar-refractivity contribution in [1.29, 1.82) is 0 Å². The predicted octanol–water partition coefficient (Wildman–Crippen LogP) is -0.571. The van der Waals surface area contributed by atoms with Crippen molar-refractivity contribution < 1.29 is 49.0 Å². The van der Waals surface area contributed by atoms with E-state index < -0.39 is 5.97 Å². The van der Waals surface area contributed by atoms with Crippen LogP contribution in [-0.4, -0.2) is 37.3 Å². The Morgan fingerprint density at radius 2 is 1.87 bits per heavy atom. The normalized spacial score (nSPS) is 14.8. The number of amidine groups is 1. The van der Waals surface area contributed by atoms with E-state index >= 15 is 0 Å². The van der Waals surface area contributed by atoms with Crippen molar-refractivity contribution in [3.8, 4) is 11.4 Å². The molecule has 1 aromatic heterocycles. The molecule has 1 saturated heterocycles. The summed E-state index contributed by atoms with van der Waals surface area (Å²) in [5.41, 5.74) is 3.62. The van der Waals surface area contributed by atoms with Gasteiger partial charge >= 0.3 is 29.6 Å². The number of benzene rings is 3. The molecule has 0 saturated carbocycles. The first-order valence-corrected chi connectivity index (χ1v) is 12.0. The standard InChI is InChI=1S/C26H20N6O4S.Na/c33-24(34)12-17-6-9-20(10-7-17)28-26-29-25(35)23(37-26)13-19-8-11-21(32-16-27-30-31-32)14-22(19)36-15-18-4-2-1-3-5-18;/h1-11,13-14,16H,12,15H2,(H,33,34)(H,28,29,35);/q;+1/p-1.